The van der Waals surface area contributed by atoms with E-state index in [1.54, 1.807) is 7.11 Å². The van der Waals surface area contributed by atoms with E-state index in [4.69, 9.17) is 16.3 Å². The molecule has 1 atom stereocenters. The molecule has 0 amide bonds. The van der Waals surface area contributed by atoms with Crippen LogP contribution in [-0.4, -0.2) is 26.3 Å². The van der Waals surface area contributed by atoms with Crippen LogP contribution >= 0.6 is 11.6 Å². The van der Waals surface area contributed by atoms with Crippen LogP contribution in [0, 0.1) is 0 Å². The zero-order valence-electron chi connectivity index (χ0n) is 9.29. The predicted octanol–water partition coefficient (Wildman–Crippen LogP) is 2.51. The van der Waals surface area contributed by atoms with Crippen LogP contribution in [0.25, 0.3) is 0 Å². The number of methoxy groups -OCH3 is 1. The van der Waals surface area contributed by atoms with Crippen molar-refractivity contribution in [2.24, 2.45) is 0 Å². The Morgan fingerprint density at radius 3 is 2.60 bits per heavy atom. The minimum atomic E-state index is 0.405. The highest BCUT2D eigenvalue weighted by Gasteiger charge is 1.99. The third-order valence-corrected chi connectivity index (χ3v) is 2.49. The average molecular weight is 228 g/mol. The molecule has 1 rings (SSSR count). The van der Waals surface area contributed by atoms with Gasteiger partial charge < -0.3 is 10.1 Å². The molecule has 1 aromatic rings. The number of benzene rings is 1. The van der Waals surface area contributed by atoms with Gasteiger partial charge >= 0.3 is 0 Å². The van der Waals surface area contributed by atoms with E-state index in [2.05, 4.69) is 24.4 Å². The quantitative estimate of drug-likeness (QED) is 0.807. The normalized spacial score (nSPS) is 12.7. The molecule has 1 unspecified atom stereocenters. The van der Waals surface area contributed by atoms with E-state index in [0.29, 0.717) is 6.04 Å². The number of hydrogen-bond acceptors (Lipinski definition) is 2. The molecule has 1 aromatic carbocycles. The highest BCUT2D eigenvalue weighted by Crippen LogP contribution is 2.09. The van der Waals surface area contributed by atoms with Crippen LogP contribution in [0.5, 0.6) is 0 Å². The molecule has 0 aromatic heterocycles. The maximum atomic E-state index is 5.81. The van der Waals surface area contributed by atoms with Crippen molar-refractivity contribution in [2.45, 2.75) is 19.4 Å². The molecule has 0 spiro atoms. The van der Waals surface area contributed by atoms with Crippen molar-refractivity contribution in [3.05, 3.63) is 34.9 Å². The lowest BCUT2D eigenvalue weighted by molar-refractivity contribution is 0.172. The van der Waals surface area contributed by atoms with Crippen LogP contribution in [0.1, 0.15) is 12.5 Å². The Balaban J connectivity index is 2.22. The van der Waals surface area contributed by atoms with Gasteiger partial charge in [-0.25, -0.2) is 0 Å². The van der Waals surface area contributed by atoms with Gasteiger partial charge in [-0.3, -0.25) is 0 Å². The molecule has 0 radical (unpaired) electrons. The first-order valence-corrected chi connectivity index (χ1v) is 5.57. The van der Waals surface area contributed by atoms with E-state index < -0.39 is 0 Å². The van der Waals surface area contributed by atoms with Crippen LogP contribution in [-0.2, 0) is 11.2 Å². The summed E-state index contributed by atoms with van der Waals surface area (Å²) >= 11 is 5.81. The van der Waals surface area contributed by atoms with E-state index in [9.17, 15) is 0 Å². The Bertz CT molecular complexity index is 273. The van der Waals surface area contributed by atoms with Crippen molar-refractivity contribution in [1.82, 2.24) is 5.32 Å². The third kappa shape index (κ3) is 5.17. The van der Waals surface area contributed by atoms with Crippen LogP contribution in [0.2, 0.25) is 5.02 Å². The Morgan fingerprint density at radius 2 is 2.00 bits per heavy atom. The highest BCUT2D eigenvalue weighted by molar-refractivity contribution is 6.30. The van der Waals surface area contributed by atoms with Gasteiger partial charge in [0, 0.05) is 18.2 Å². The second-order valence-electron chi connectivity index (χ2n) is 3.69. The molecule has 2 nitrogen and oxygen atoms in total. The second kappa shape index (κ2) is 6.83. The maximum absolute atomic E-state index is 5.81. The van der Waals surface area contributed by atoms with E-state index in [0.717, 1.165) is 24.6 Å². The fourth-order valence-electron chi connectivity index (χ4n) is 1.42. The number of rotatable bonds is 6. The predicted molar refractivity (Wildman–Crippen MR) is 64.5 cm³/mol. The molecule has 3 heteroatoms. The molecule has 0 aliphatic heterocycles. The fourth-order valence-corrected chi connectivity index (χ4v) is 1.55. The summed E-state index contributed by atoms with van der Waals surface area (Å²) in [7, 11) is 1.72. The number of hydrogen-bond donors (Lipinski definition) is 1. The summed E-state index contributed by atoms with van der Waals surface area (Å²) in [5.41, 5.74) is 1.30. The molecule has 0 saturated carbocycles. The Kier molecular flexibility index (Phi) is 5.69. The lowest BCUT2D eigenvalue weighted by Crippen LogP contribution is -2.31. The van der Waals surface area contributed by atoms with Crippen molar-refractivity contribution in [3.63, 3.8) is 0 Å². The Labute approximate surface area is 96.6 Å². The van der Waals surface area contributed by atoms with E-state index >= 15 is 0 Å². The van der Waals surface area contributed by atoms with Crippen LogP contribution in [0.3, 0.4) is 0 Å². The summed E-state index contributed by atoms with van der Waals surface area (Å²) in [6.07, 6.45) is 1.02. The highest BCUT2D eigenvalue weighted by atomic mass is 35.5. The van der Waals surface area contributed by atoms with Crippen molar-refractivity contribution >= 4 is 11.6 Å². The number of ether oxygens (including phenoxy) is 1. The lowest BCUT2D eigenvalue weighted by atomic mass is 10.1. The number of halogens is 1. The first-order valence-electron chi connectivity index (χ1n) is 5.19. The third-order valence-electron chi connectivity index (χ3n) is 2.24. The monoisotopic (exact) mass is 227 g/mol. The van der Waals surface area contributed by atoms with Crippen molar-refractivity contribution in [3.8, 4) is 0 Å². The Hall–Kier alpha value is -0.570. The molecule has 0 bridgehead atoms. The van der Waals surface area contributed by atoms with Gasteiger partial charge in [0.25, 0.3) is 0 Å². The van der Waals surface area contributed by atoms with E-state index in [1.165, 1.54) is 5.56 Å². The molecule has 0 aliphatic carbocycles. The minimum Gasteiger partial charge on any atom is -0.383 e. The van der Waals surface area contributed by atoms with Crippen LogP contribution in [0.15, 0.2) is 24.3 Å². The summed E-state index contributed by atoms with van der Waals surface area (Å²) in [6, 6.07) is 8.38. The Morgan fingerprint density at radius 1 is 1.33 bits per heavy atom. The molecule has 0 heterocycles. The smallest absolute Gasteiger partial charge is 0.0613 e. The summed E-state index contributed by atoms with van der Waals surface area (Å²) in [6.45, 7) is 3.83. The van der Waals surface area contributed by atoms with Gasteiger partial charge in [-0.1, -0.05) is 23.7 Å². The first kappa shape index (κ1) is 12.5. The molecule has 84 valence electrons. The van der Waals surface area contributed by atoms with Gasteiger partial charge in [0.1, 0.15) is 0 Å². The topological polar surface area (TPSA) is 21.3 Å². The zero-order valence-corrected chi connectivity index (χ0v) is 10.1. The van der Waals surface area contributed by atoms with E-state index in [-0.39, 0.29) is 0 Å². The average Bonchev–Trinajstić information content (AvgIpc) is 2.21. The number of nitrogens with one attached hydrogen (secondary N) is 1. The summed E-state index contributed by atoms with van der Waals surface area (Å²) in [5.74, 6) is 0. The summed E-state index contributed by atoms with van der Waals surface area (Å²) < 4.78 is 5.04. The summed E-state index contributed by atoms with van der Waals surface area (Å²) in [4.78, 5) is 0. The van der Waals surface area contributed by atoms with Crippen molar-refractivity contribution in [2.75, 3.05) is 20.3 Å². The van der Waals surface area contributed by atoms with E-state index in [1.807, 2.05) is 12.1 Å². The largest absolute Gasteiger partial charge is 0.383 e. The standard InChI is InChI=1S/C12H18ClNO/c1-10(9-15-2)14-8-7-11-3-5-12(13)6-4-11/h3-6,10,14H,7-9H2,1-2H3. The minimum absolute atomic E-state index is 0.405. The molecular formula is C12H18ClNO. The molecule has 0 fully saturated rings. The second-order valence-corrected chi connectivity index (χ2v) is 4.12. The van der Waals surface area contributed by atoms with Crippen LogP contribution in [0.4, 0.5) is 0 Å². The van der Waals surface area contributed by atoms with Gasteiger partial charge in [0.2, 0.25) is 0 Å². The first-order chi connectivity index (χ1) is 7.22. The van der Waals surface area contributed by atoms with Crippen LogP contribution < -0.4 is 5.32 Å². The SMILES string of the molecule is COCC(C)NCCc1ccc(Cl)cc1. The molecule has 0 saturated heterocycles. The summed E-state index contributed by atoms with van der Waals surface area (Å²) in [5, 5.41) is 4.18. The molecule has 1 N–H and O–H groups in total. The molecule has 15 heavy (non-hydrogen) atoms. The van der Waals surface area contributed by atoms with Gasteiger partial charge in [-0.05, 0) is 37.6 Å². The van der Waals surface area contributed by atoms with Gasteiger partial charge in [0.15, 0.2) is 0 Å². The van der Waals surface area contributed by atoms with Gasteiger partial charge in [0.05, 0.1) is 6.61 Å². The molecule has 0 aliphatic rings. The fraction of sp³-hybridized carbons (Fsp3) is 0.500. The lowest BCUT2D eigenvalue weighted by Gasteiger charge is -2.12. The van der Waals surface area contributed by atoms with Gasteiger partial charge in [-0.15, -0.1) is 0 Å². The molecular weight excluding hydrogens is 210 g/mol. The maximum Gasteiger partial charge on any atom is 0.0613 e. The zero-order chi connectivity index (χ0) is 11.1. The van der Waals surface area contributed by atoms with Crippen molar-refractivity contribution < 1.29 is 4.74 Å². The van der Waals surface area contributed by atoms with Crippen molar-refractivity contribution in [1.29, 1.82) is 0 Å². The van der Waals surface area contributed by atoms with Gasteiger partial charge in [-0.2, -0.15) is 0 Å².